The van der Waals surface area contributed by atoms with Crippen molar-refractivity contribution in [3.8, 4) is 0 Å². The van der Waals surface area contributed by atoms with E-state index in [0.29, 0.717) is 5.41 Å². The second-order valence-corrected chi connectivity index (χ2v) is 13.6. The number of hydrogen-bond acceptors (Lipinski definition) is 2. The molecule has 1 atom stereocenters. The Morgan fingerprint density at radius 3 is 0.800 bits per heavy atom. The lowest BCUT2D eigenvalue weighted by Crippen LogP contribution is -2.21. The summed E-state index contributed by atoms with van der Waals surface area (Å²) in [7, 11) is 0. The van der Waals surface area contributed by atoms with Gasteiger partial charge in [0.2, 0.25) is 0 Å². The van der Waals surface area contributed by atoms with Crippen molar-refractivity contribution in [1.29, 1.82) is 0 Å². The van der Waals surface area contributed by atoms with Gasteiger partial charge in [-0.3, -0.25) is 0 Å². The summed E-state index contributed by atoms with van der Waals surface area (Å²) in [5.41, 5.74) is 0.627. The molecule has 0 saturated heterocycles. The van der Waals surface area contributed by atoms with Crippen LogP contribution in [0.2, 0.25) is 0 Å². The van der Waals surface area contributed by atoms with Gasteiger partial charge in [-0.2, -0.15) is 0 Å². The summed E-state index contributed by atoms with van der Waals surface area (Å²) in [6, 6.07) is 0. The molecule has 0 aromatic rings. The quantitative estimate of drug-likeness (QED) is 0.0555. The summed E-state index contributed by atoms with van der Waals surface area (Å²) in [5.74, 6) is 0. The van der Waals surface area contributed by atoms with Crippen LogP contribution in [0.25, 0.3) is 0 Å². The SMILES string of the molecule is CCCCCCCCCCC(CCCCCCCC)(CCCCCCCCCNCl)CCCCCCCCNCl. The second kappa shape index (κ2) is 34.0. The van der Waals surface area contributed by atoms with Crippen molar-refractivity contribution in [2.45, 2.75) is 213 Å². The van der Waals surface area contributed by atoms with E-state index < -0.39 is 0 Å². The van der Waals surface area contributed by atoms with Crippen LogP contribution in [0.1, 0.15) is 213 Å². The monoisotopic (exact) mass is 605 g/mol. The molecule has 1 unspecified atom stereocenters. The Morgan fingerprint density at radius 2 is 0.550 bits per heavy atom. The van der Waals surface area contributed by atoms with Crippen LogP contribution in [0.3, 0.4) is 0 Å². The predicted octanol–water partition coefficient (Wildman–Crippen LogP) is 13.6. The molecule has 0 aromatic carbocycles. The zero-order valence-electron chi connectivity index (χ0n) is 27.6. The Balaban J connectivity index is 4.77. The molecule has 4 heteroatoms. The van der Waals surface area contributed by atoms with E-state index in [-0.39, 0.29) is 0 Å². The van der Waals surface area contributed by atoms with Crippen molar-refractivity contribution in [2.24, 2.45) is 5.41 Å². The molecule has 0 radical (unpaired) electrons. The number of hydrogen-bond donors (Lipinski definition) is 2. The van der Waals surface area contributed by atoms with Crippen LogP contribution in [0.4, 0.5) is 0 Å². The van der Waals surface area contributed by atoms with Gasteiger partial charge >= 0.3 is 0 Å². The van der Waals surface area contributed by atoms with Crippen LogP contribution in [0.15, 0.2) is 0 Å². The highest BCUT2D eigenvalue weighted by molar-refractivity contribution is 6.13. The second-order valence-electron chi connectivity index (χ2n) is 13.1. The van der Waals surface area contributed by atoms with E-state index in [2.05, 4.69) is 23.5 Å². The van der Waals surface area contributed by atoms with Crippen molar-refractivity contribution in [2.75, 3.05) is 13.1 Å². The predicted molar refractivity (Wildman–Crippen MR) is 185 cm³/mol. The lowest BCUT2D eigenvalue weighted by Gasteiger charge is -2.35. The zero-order chi connectivity index (χ0) is 29.2. The van der Waals surface area contributed by atoms with Crippen molar-refractivity contribution >= 4 is 23.6 Å². The highest BCUT2D eigenvalue weighted by atomic mass is 35.5. The van der Waals surface area contributed by atoms with Gasteiger partial charge in [0.05, 0.1) is 0 Å². The fraction of sp³-hybridized carbons (Fsp3) is 1.00. The number of rotatable bonds is 35. The van der Waals surface area contributed by atoms with Gasteiger partial charge in [-0.25, -0.2) is 9.67 Å². The molecule has 0 spiro atoms. The van der Waals surface area contributed by atoms with Gasteiger partial charge in [0, 0.05) is 13.1 Å². The third-order valence-electron chi connectivity index (χ3n) is 9.33. The van der Waals surface area contributed by atoms with Gasteiger partial charge in [0.15, 0.2) is 0 Å². The third-order valence-corrected chi connectivity index (χ3v) is 9.71. The number of nitrogens with one attached hydrogen (secondary N) is 2. The maximum atomic E-state index is 5.62. The van der Waals surface area contributed by atoms with E-state index in [1.54, 1.807) is 0 Å². The Hall–Kier alpha value is 0.500. The van der Waals surface area contributed by atoms with Crippen LogP contribution in [-0.4, -0.2) is 13.1 Å². The standard InChI is InChI=1S/C36H74Cl2N2/c1-3-5-7-9-11-13-19-25-31-36(30-24-18-10-8-6-4-2,33-27-21-15-17-23-29-35-40-38)32-26-20-14-12-16-22-28-34-39-37/h39-40H,3-35H2,1-2H3. The summed E-state index contributed by atoms with van der Waals surface area (Å²) in [6.45, 7) is 6.56. The van der Waals surface area contributed by atoms with Gasteiger partial charge in [0.25, 0.3) is 0 Å². The number of unbranched alkanes of at least 4 members (excludes halogenated alkanes) is 23. The Labute approximate surface area is 263 Å². The molecule has 0 aromatic heterocycles. The lowest BCUT2D eigenvalue weighted by atomic mass is 9.70. The molecular formula is C36H74Cl2N2. The first kappa shape index (κ1) is 40.5. The maximum Gasteiger partial charge on any atom is 0.0108 e. The molecule has 40 heavy (non-hydrogen) atoms. The first-order chi connectivity index (χ1) is 19.7. The average Bonchev–Trinajstić information content (AvgIpc) is 2.96. The fourth-order valence-corrected chi connectivity index (χ4v) is 6.91. The average molecular weight is 606 g/mol. The Kier molecular flexibility index (Phi) is 34.4. The molecule has 242 valence electrons. The van der Waals surface area contributed by atoms with Crippen molar-refractivity contribution < 1.29 is 0 Å². The zero-order valence-corrected chi connectivity index (χ0v) is 29.1. The van der Waals surface area contributed by atoms with E-state index in [4.69, 9.17) is 23.6 Å². The molecule has 0 bridgehead atoms. The summed E-state index contributed by atoms with van der Waals surface area (Å²) >= 11 is 11.2. The minimum Gasteiger partial charge on any atom is -0.234 e. The molecule has 0 aliphatic heterocycles. The normalized spacial score (nSPS) is 13.2. The van der Waals surface area contributed by atoms with E-state index in [0.717, 1.165) is 13.1 Å². The van der Waals surface area contributed by atoms with E-state index in [1.165, 1.54) is 199 Å². The van der Waals surface area contributed by atoms with Gasteiger partial charge in [0.1, 0.15) is 0 Å². The smallest absolute Gasteiger partial charge is 0.0108 e. The maximum absolute atomic E-state index is 5.62. The molecule has 2 nitrogen and oxygen atoms in total. The number of halogens is 2. The molecule has 0 aliphatic carbocycles. The van der Waals surface area contributed by atoms with E-state index in [1.807, 2.05) is 0 Å². The fourth-order valence-electron chi connectivity index (χ4n) is 6.64. The summed E-state index contributed by atoms with van der Waals surface area (Å²) in [4.78, 5) is 5.54. The van der Waals surface area contributed by atoms with Crippen molar-refractivity contribution in [3.05, 3.63) is 0 Å². The third kappa shape index (κ3) is 28.6. The minimum absolute atomic E-state index is 0.627. The molecule has 0 saturated carbocycles. The highest BCUT2D eigenvalue weighted by Gasteiger charge is 2.28. The van der Waals surface area contributed by atoms with Crippen molar-refractivity contribution in [1.82, 2.24) is 9.67 Å². The first-order valence-corrected chi connectivity index (χ1v) is 19.2. The van der Waals surface area contributed by atoms with Gasteiger partial charge in [-0.1, -0.05) is 174 Å². The molecule has 0 aliphatic rings. The van der Waals surface area contributed by atoms with Crippen LogP contribution in [0, 0.1) is 5.41 Å². The van der Waals surface area contributed by atoms with Crippen LogP contribution in [0.5, 0.6) is 0 Å². The topological polar surface area (TPSA) is 24.1 Å². The molecular weight excluding hydrogens is 531 g/mol. The van der Waals surface area contributed by atoms with Crippen molar-refractivity contribution in [3.63, 3.8) is 0 Å². The molecule has 2 N–H and O–H groups in total. The summed E-state index contributed by atoms with van der Waals surface area (Å²) in [6.07, 6.45) is 44.0. The van der Waals surface area contributed by atoms with Gasteiger partial charge in [-0.05, 0) is 67.5 Å². The highest BCUT2D eigenvalue weighted by Crippen LogP contribution is 2.42. The Morgan fingerprint density at radius 1 is 0.325 bits per heavy atom. The molecule has 0 rings (SSSR count). The summed E-state index contributed by atoms with van der Waals surface area (Å²) < 4.78 is 0. The van der Waals surface area contributed by atoms with Gasteiger partial charge in [-0.15, -0.1) is 0 Å². The molecule has 0 amide bonds. The molecule has 0 heterocycles. The summed E-state index contributed by atoms with van der Waals surface area (Å²) in [5, 5.41) is 0. The Bertz CT molecular complexity index is 440. The van der Waals surface area contributed by atoms with Crippen LogP contribution >= 0.6 is 23.6 Å². The van der Waals surface area contributed by atoms with E-state index >= 15 is 0 Å². The molecule has 0 fully saturated rings. The van der Waals surface area contributed by atoms with Gasteiger partial charge < -0.3 is 0 Å². The largest absolute Gasteiger partial charge is 0.234 e. The van der Waals surface area contributed by atoms with Crippen LogP contribution in [-0.2, 0) is 0 Å². The van der Waals surface area contributed by atoms with Crippen LogP contribution < -0.4 is 9.67 Å². The minimum atomic E-state index is 0.627. The van der Waals surface area contributed by atoms with E-state index in [9.17, 15) is 0 Å². The first-order valence-electron chi connectivity index (χ1n) is 18.4. The lowest BCUT2D eigenvalue weighted by molar-refractivity contribution is 0.171.